The van der Waals surface area contributed by atoms with Crippen LogP contribution in [0.3, 0.4) is 0 Å². The minimum Gasteiger partial charge on any atom is -0.457 e. The van der Waals surface area contributed by atoms with Gasteiger partial charge in [-0.1, -0.05) is 30.3 Å². The van der Waals surface area contributed by atoms with Crippen LogP contribution in [-0.4, -0.2) is 30.9 Å². The van der Waals surface area contributed by atoms with Gasteiger partial charge in [0.2, 0.25) is 11.8 Å². The number of amides is 4. The lowest BCUT2D eigenvalue weighted by molar-refractivity contribution is -0.116. The Morgan fingerprint density at radius 3 is 2.39 bits per heavy atom. The van der Waals surface area contributed by atoms with Crippen molar-refractivity contribution in [2.24, 2.45) is 0 Å². The van der Waals surface area contributed by atoms with E-state index in [1.807, 2.05) is 30.3 Å². The number of carbonyl (C=O) groups is 3. The molecule has 1 aliphatic heterocycles. The third-order valence-electron chi connectivity index (χ3n) is 4.99. The highest BCUT2D eigenvalue weighted by molar-refractivity contribution is 6.09. The highest BCUT2D eigenvalue weighted by Gasteiger charge is 2.26. The lowest BCUT2D eigenvalue weighted by atomic mass is 10.2. The quantitative estimate of drug-likeness (QED) is 0.471. The van der Waals surface area contributed by atoms with Crippen LogP contribution < -0.4 is 25.6 Å². The summed E-state index contributed by atoms with van der Waals surface area (Å²) >= 11 is 0. The summed E-state index contributed by atoms with van der Waals surface area (Å²) in [5.74, 6) is 1.02. The molecule has 168 valence electrons. The van der Waals surface area contributed by atoms with E-state index in [2.05, 4.69) is 16.0 Å². The zero-order valence-electron chi connectivity index (χ0n) is 17.9. The maximum atomic E-state index is 12.5. The molecule has 8 nitrogen and oxygen atoms in total. The number of hydrogen-bond acceptors (Lipinski definition) is 4. The standard InChI is InChI=1S/C25H24N4O4/c30-23(27-18-12-14-20(15-13-18)33-19-7-2-1-3-8-19)11-6-16-26-25(32)29-17-24(31)28-21-9-4-5-10-22(21)29/h1-5,7-10,12-15H,6,11,16-17H2,(H,26,32)(H,27,30)(H,28,31). The van der Waals surface area contributed by atoms with Crippen molar-refractivity contribution >= 4 is 34.9 Å². The van der Waals surface area contributed by atoms with E-state index in [0.29, 0.717) is 35.8 Å². The predicted octanol–water partition coefficient (Wildman–Crippen LogP) is 4.37. The molecule has 0 aromatic heterocycles. The topological polar surface area (TPSA) is 99.8 Å². The first-order valence-corrected chi connectivity index (χ1v) is 10.7. The third-order valence-corrected chi connectivity index (χ3v) is 4.99. The summed E-state index contributed by atoms with van der Waals surface area (Å²) in [4.78, 5) is 38.0. The summed E-state index contributed by atoms with van der Waals surface area (Å²) in [5.41, 5.74) is 1.91. The van der Waals surface area contributed by atoms with Gasteiger partial charge in [0.1, 0.15) is 18.0 Å². The van der Waals surface area contributed by atoms with Crippen molar-refractivity contribution in [1.82, 2.24) is 5.32 Å². The van der Waals surface area contributed by atoms with Crippen LogP contribution in [0.1, 0.15) is 12.8 Å². The Labute approximate surface area is 191 Å². The number of anilines is 3. The van der Waals surface area contributed by atoms with Gasteiger partial charge >= 0.3 is 6.03 Å². The molecule has 0 saturated carbocycles. The van der Waals surface area contributed by atoms with Crippen LogP contribution in [0, 0.1) is 0 Å². The molecule has 0 atom stereocenters. The highest BCUT2D eigenvalue weighted by Crippen LogP contribution is 2.28. The van der Waals surface area contributed by atoms with E-state index >= 15 is 0 Å². The average Bonchev–Trinajstić information content (AvgIpc) is 2.83. The van der Waals surface area contributed by atoms with Crippen molar-refractivity contribution < 1.29 is 19.1 Å². The third kappa shape index (κ3) is 5.88. The van der Waals surface area contributed by atoms with Gasteiger partial charge < -0.3 is 20.7 Å². The largest absolute Gasteiger partial charge is 0.457 e. The maximum absolute atomic E-state index is 12.5. The predicted molar refractivity (Wildman–Crippen MR) is 127 cm³/mol. The van der Waals surface area contributed by atoms with Crippen molar-refractivity contribution in [3.63, 3.8) is 0 Å². The first kappa shape index (κ1) is 21.9. The van der Waals surface area contributed by atoms with Gasteiger partial charge in [-0.2, -0.15) is 0 Å². The summed E-state index contributed by atoms with van der Waals surface area (Å²) in [7, 11) is 0. The minimum atomic E-state index is -0.369. The Kier molecular flexibility index (Phi) is 6.84. The fraction of sp³-hybridized carbons (Fsp3) is 0.160. The number of urea groups is 1. The van der Waals surface area contributed by atoms with Crippen LogP contribution in [0.4, 0.5) is 21.9 Å². The molecule has 0 saturated heterocycles. The van der Waals surface area contributed by atoms with Gasteiger partial charge in [-0.05, 0) is 55.0 Å². The number of fused-ring (bicyclic) bond motifs is 1. The number of rotatable bonds is 7. The Morgan fingerprint density at radius 1 is 0.909 bits per heavy atom. The number of para-hydroxylation sites is 3. The van der Waals surface area contributed by atoms with E-state index in [4.69, 9.17) is 4.74 Å². The molecule has 3 aromatic carbocycles. The molecule has 0 fully saturated rings. The monoisotopic (exact) mass is 444 g/mol. The fourth-order valence-corrected chi connectivity index (χ4v) is 3.41. The van der Waals surface area contributed by atoms with Crippen LogP contribution >= 0.6 is 0 Å². The summed E-state index contributed by atoms with van der Waals surface area (Å²) in [6.07, 6.45) is 0.716. The molecule has 4 rings (SSSR count). The SMILES string of the molecule is O=C(CCCNC(=O)N1CC(=O)Nc2ccccc21)Nc1ccc(Oc2ccccc2)cc1. The Balaban J connectivity index is 1.20. The summed E-state index contributed by atoms with van der Waals surface area (Å²) in [6, 6.07) is 23.3. The van der Waals surface area contributed by atoms with Crippen molar-refractivity contribution in [3.8, 4) is 11.5 Å². The molecular formula is C25H24N4O4. The van der Waals surface area contributed by atoms with Crippen LogP contribution in [0.15, 0.2) is 78.9 Å². The lowest BCUT2D eigenvalue weighted by Gasteiger charge is -2.29. The zero-order chi connectivity index (χ0) is 23.0. The van der Waals surface area contributed by atoms with Crippen LogP contribution in [0.2, 0.25) is 0 Å². The molecule has 3 N–H and O–H groups in total. The molecular weight excluding hydrogens is 420 g/mol. The van der Waals surface area contributed by atoms with Crippen molar-refractivity contribution in [1.29, 1.82) is 0 Å². The van der Waals surface area contributed by atoms with E-state index < -0.39 is 0 Å². The van der Waals surface area contributed by atoms with Gasteiger partial charge in [0, 0.05) is 18.7 Å². The number of carbonyl (C=O) groups excluding carboxylic acids is 3. The molecule has 1 heterocycles. The van der Waals surface area contributed by atoms with Gasteiger partial charge in [0.25, 0.3) is 0 Å². The molecule has 33 heavy (non-hydrogen) atoms. The van der Waals surface area contributed by atoms with Gasteiger partial charge in [0.05, 0.1) is 11.4 Å². The van der Waals surface area contributed by atoms with Crippen molar-refractivity contribution in [2.75, 3.05) is 28.6 Å². The number of ether oxygens (including phenoxy) is 1. The van der Waals surface area contributed by atoms with E-state index in [1.54, 1.807) is 48.5 Å². The second-order valence-electron chi connectivity index (χ2n) is 7.47. The van der Waals surface area contributed by atoms with Gasteiger partial charge in [-0.25, -0.2) is 4.79 Å². The first-order chi connectivity index (χ1) is 16.1. The Bertz CT molecular complexity index is 1130. The van der Waals surface area contributed by atoms with Crippen LogP contribution in [-0.2, 0) is 9.59 Å². The number of nitrogens with one attached hydrogen (secondary N) is 3. The summed E-state index contributed by atoms with van der Waals surface area (Å²) in [5, 5.41) is 8.35. The van der Waals surface area contributed by atoms with Gasteiger partial charge in [0.15, 0.2) is 0 Å². The Hall–Kier alpha value is -4.33. The lowest BCUT2D eigenvalue weighted by Crippen LogP contribution is -2.47. The molecule has 8 heteroatoms. The van der Waals surface area contributed by atoms with Crippen molar-refractivity contribution in [3.05, 3.63) is 78.9 Å². The molecule has 0 aliphatic carbocycles. The average molecular weight is 444 g/mol. The van der Waals surface area contributed by atoms with Crippen LogP contribution in [0.5, 0.6) is 11.5 Å². The van der Waals surface area contributed by atoms with E-state index in [0.717, 1.165) is 5.75 Å². The van der Waals surface area contributed by atoms with Crippen molar-refractivity contribution in [2.45, 2.75) is 12.8 Å². The van der Waals surface area contributed by atoms with E-state index in [9.17, 15) is 14.4 Å². The number of hydrogen-bond donors (Lipinski definition) is 3. The molecule has 4 amide bonds. The molecule has 3 aromatic rings. The molecule has 0 bridgehead atoms. The van der Waals surface area contributed by atoms with E-state index in [1.165, 1.54) is 4.90 Å². The number of benzene rings is 3. The zero-order valence-corrected chi connectivity index (χ0v) is 17.9. The normalized spacial score (nSPS) is 12.4. The number of nitrogens with zero attached hydrogens (tertiary/aromatic N) is 1. The summed E-state index contributed by atoms with van der Waals surface area (Å²) < 4.78 is 5.74. The molecule has 0 spiro atoms. The maximum Gasteiger partial charge on any atom is 0.322 e. The smallest absolute Gasteiger partial charge is 0.322 e. The molecule has 0 unspecified atom stereocenters. The van der Waals surface area contributed by atoms with E-state index in [-0.39, 0.29) is 30.8 Å². The first-order valence-electron chi connectivity index (χ1n) is 10.7. The summed E-state index contributed by atoms with van der Waals surface area (Å²) in [6.45, 7) is 0.268. The molecule has 1 aliphatic rings. The van der Waals surface area contributed by atoms with Crippen LogP contribution in [0.25, 0.3) is 0 Å². The highest BCUT2D eigenvalue weighted by atomic mass is 16.5. The Morgan fingerprint density at radius 2 is 1.61 bits per heavy atom. The fourth-order valence-electron chi connectivity index (χ4n) is 3.41. The van der Waals surface area contributed by atoms with Gasteiger partial charge in [-0.15, -0.1) is 0 Å². The minimum absolute atomic E-state index is 0.0483. The molecule has 0 radical (unpaired) electrons. The van der Waals surface area contributed by atoms with Gasteiger partial charge in [-0.3, -0.25) is 14.5 Å². The second kappa shape index (κ2) is 10.3. The second-order valence-corrected chi connectivity index (χ2v) is 7.47.